The predicted octanol–water partition coefficient (Wildman–Crippen LogP) is 0.706. The Morgan fingerprint density at radius 3 is 2.84 bits per heavy atom. The van der Waals surface area contributed by atoms with Crippen LogP contribution < -0.4 is 5.32 Å². The second-order valence-electron chi connectivity index (χ2n) is 5.34. The zero-order valence-electron chi connectivity index (χ0n) is 10.3. The molecule has 4 atom stereocenters. The van der Waals surface area contributed by atoms with Crippen LogP contribution in [0.1, 0.15) is 29.8 Å². The Hall–Kier alpha value is -1.98. The van der Waals surface area contributed by atoms with E-state index in [9.17, 15) is 9.59 Å². The molecule has 6 nitrogen and oxygen atoms in total. The van der Waals surface area contributed by atoms with Crippen molar-refractivity contribution in [3.8, 4) is 0 Å². The third-order valence-electron chi connectivity index (χ3n) is 4.30. The maximum Gasteiger partial charge on any atom is 0.306 e. The van der Waals surface area contributed by atoms with Gasteiger partial charge in [0.2, 0.25) is 0 Å². The van der Waals surface area contributed by atoms with E-state index in [1.807, 2.05) is 0 Å². The van der Waals surface area contributed by atoms with Gasteiger partial charge in [-0.2, -0.15) is 0 Å². The molecule has 2 aliphatic carbocycles. The smallest absolute Gasteiger partial charge is 0.306 e. The minimum Gasteiger partial charge on any atom is -0.481 e. The summed E-state index contributed by atoms with van der Waals surface area (Å²) in [4.78, 5) is 30.6. The number of carboxylic acid groups (broad SMARTS) is 1. The van der Waals surface area contributed by atoms with E-state index >= 15 is 0 Å². The third-order valence-corrected chi connectivity index (χ3v) is 4.30. The molecule has 2 saturated carbocycles. The van der Waals surface area contributed by atoms with Gasteiger partial charge in [-0.15, -0.1) is 0 Å². The van der Waals surface area contributed by atoms with Crippen LogP contribution in [0.4, 0.5) is 0 Å². The van der Waals surface area contributed by atoms with Gasteiger partial charge in [0, 0.05) is 12.2 Å². The lowest BCUT2D eigenvalue weighted by molar-refractivity contribution is -0.141. The predicted molar refractivity (Wildman–Crippen MR) is 65.2 cm³/mol. The van der Waals surface area contributed by atoms with Gasteiger partial charge in [0.1, 0.15) is 12.0 Å². The molecule has 1 heterocycles. The van der Waals surface area contributed by atoms with Crippen molar-refractivity contribution in [1.82, 2.24) is 15.3 Å². The van der Waals surface area contributed by atoms with E-state index in [4.69, 9.17) is 5.11 Å². The molecular formula is C13H15N3O3. The fraction of sp³-hybridized carbons (Fsp3) is 0.538. The zero-order chi connectivity index (χ0) is 13.4. The Balaban J connectivity index is 1.59. The quantitative estimate of drug-likeness (QED) is 0.835. The molecule has 0 aliphatic heterocycles. The van der Waals surface area contributed by atoms with Crippen molar-refractivity contribution in [3.05, 3.63) is 24.3 Å². The number of carboxylic acids is 1. The van der Waals surface area contributed by atoms with Gasteiger partial charge in [0.15, 0.2) is 0 Å². The van der Waals surface area contributed by atoms with Gasteiger partial charge in [0.05, 0.1) is 5.92 Å². The maximum absolute atomic E-state index is 11.9. The van der Waals surface area contributed by atoms with Crippen molar-refractivity contribution in [3.63, 3.8) is 0 Å². The number of carbonyl (C=O) groups excluding carboxylic acids is 1. The van der Waals surface area contributed by atoms with Crippen LogP contribution in [-0.4, -0.2) is 33.0 Å². The molecule has 6 heteroatoms. The molecule has 0 saturated heterocycles. The first kappa shape index (κ1) is 12.1. The first-order chi connectivity index (χ1) is 9.15. The summed E-state index contributed by atoms with van der Waals surface area (Å²) >= 11 is 0. The lowest BCUT2D eigenvalue weighted by atomic mass is 9.71. The van der Waals surface area contributed by atoms with Crippen LogP contribution in [0.3, 0.4) is 0 Å². The van der Waals surface area contributed by atoms with Crippen LogP contribution in [0.5, 0.6) is 0 Å². The molecule has 1 aromatic heterocycles. The molecule has 1 unspecified atom stereocenters. The number of aliphatic carboxylic acids is 1. The molecule has 2 aliphatic rings. The average molecular weight is 261 g/mol. The lowest BCUT2D eigenvalue weighted by Crippen LogP contribution is -2.50. The minimum absolute atomic E-state index is 0.0943. The van der Waals surface area contributed by atoms with Gasteiger partial charge in [-0.3, -0.25) is 9.59 Å². The molecular weight excluding hydrogens is 246 g/mol. The second-order valence-corrected chi connectivity index (χ2v) is 5.34. The molecule has 1 aromatic rings. The Morgan fingerprint density at radius 2 is 2.16 bits per heavy atom. The van der Waals surface area contributed by atoms with E-state index in [1.165, 1.54) is 12.5 Å². The first-order valence-electron chi connectivity index (χ1n) is 6.45. The fourth-order valence-corrected chi connectivity index (χ4v) is 3.26. The van der Waals surface area contributed by atoms with Gasteiger partial charge in [-0.05, 0) is 37.2 Å². The topological polar surface area (TPSA) is 92.2 Å². The van der Waals surface area contributed by atoms with E-state index < -0.39 is 5.97 Å². The molecule has 0 radical (unpaired) electrons. The van der Waals surface area contributed by atoms with E-state index in [-0.39, 0.29) is 17.9 Å². The number of aromatic nitrogens is 2. The van der Waals surface area contributed by atoms with Crippen molar-refractivity contribution in [2.24, 2.45) is 17.8 Å². The number of fused-ring (bicyclic) bond motifs is 1. The highest BCUT2D eigenvalue weighted by molar-refractivity contribution is 5.92. The van der Waals surface area contributed by atoms with Gasteiger partial charge < -0.3 is 10.4 Å². The molecule has 19 heavy (non-hydrogen) atoms. The fourth-order valence-electron chi connectivity index (χ4n) is 3.26. The highest BCUT2D eigenvalue weighted by Crippen LogP contribution is 2.49. The number of amides is 1. The van der Waals surface area contributed by atoms with Crippen LogP contribution >= 0.6 is 0 Å². The van der Waals surface area contributed by atoms with Crippen molar-refractivity contribution in [1.29, 1.82) is 0 Å². The van der Waals surface area contributed by atoms with E-state index in [2.05, 4.69) is 15.3 Å². The zero-order valence-corrected chi connectivity index (χ0v) is 10.3. The minimum atomic E-state index is -0.713. The normalized spacial score (nSPS) is 32.2. The van der Waals surface area contributed by atoms with E-state index in [1.54, 1.807) is 6.07 Å². The van der Waals surface area contributed by atoms with Crippen LogP contribution in [0.25, 0.3) is 0 Å². The first-order valence-corrected chi connectivity index (χ1v) is 6.45. The summed E-state index contributed by atoms with van der Waals surface area (Å²) in [5, 5.41) is 12.0. The van der Waals surface area contributed by atoms with Crippen LogP contribution in [-0.2, 0) is 4.79 Å². The lowest BCUT2D eigenvalue weighted by Gasteiger charge is -2.40. The number of carbonyl (C=O) groups is 2. The summed E-state index contributed by atoms with van der Waals surface area (Å²) in [7, 11) is 0. The molecule has 0 bridgehead atoms. The van der Waals surface area contributed by atoms with Crippen LogP contribution in [0, 0.1) is 17.8 Å². The van der Waals surface area contributed by atoms with Crippen LogP contribution in [0.15, 0.2) is 18.6 Å². The summed E-state index contributed by atoms with van der Waals surface area (Å²) in [6.07, 6.45) is 5.18. The molecule has 2 N–H and O–H groups in total. The van der Waals surface area contributed by atoms with Crippen molar-refractivity contribution in [2.45, 2.75) is 25.3 Å². The Morgan fingerprint density at radius 1 is 1.32 bits per heavy atom. The van der Waals surface area contributed by atoms with E-state index in [0.29, 0.717) is 24.0 Å². The Labute approximate surface area is 110 Å². The van der Waals surface area contributed by atoms with Crippen molar-refractivity contribution < 1.29 is 14.7 Å². The van der Waals surface area contributed by atoms with Gasteiger partial charge in [0.25, 0.3) is 5.91 Å². The Kier molecular flexibility index (Phi) is 2.93. The number of nitrogens with one attached hydrogen (secondary N) is 1. The SMILES string of the molecule is O=C(N[C@@H]1C[C@H]2CC(C(=O)O)C[C@H]21)c1ccncn1. The summed E-state index contributed by atoms with van der Waals surface area (Å²) < 4.78 is 0. The van der Waals surface area contributed by atoms with E-state index in [0.717, 1.165) is 12.8 Å². The summed E-state index contributed by atoms with van der Waals surface area (Å²) in [5.74, 6) is -0.389. The maximum atomic E-state index is 11.9. The van der Waals surface area contributed by atoms with Crippen molar-refractivity contribution in [2.75, 3.05) is 0 Å². The van der Waals surface area contributed by atoms with Crippen LogP contribution in [0.2, 0.25) is 0 Å². The molecule has 1 amide bonds. The van der Waals surface area contributed by atoms with Gasteiger partial charge in [-0.1, -0.05) is 0 Å². The number of nitrogens with zero attached hydrogens (tertiary/aromatic N) is 2. The highest BCUT2D eigenvalue weighted by atomic mass is 16.4. The van der Waals surface area contributed by atoms with Crippen molar-refractivity contribution >= 4 is 11.9 Å². The molecule has 2 fully saturated rings. The number of hydrogen-bond donors (Lipinski definition) is 2. The molecule has 0 aromatic carbocycles. The number of hydrogen-bond acceptors (Lipinski definition) is 4. The molecule has 3 rings (SSSR count). The summed E-state index contributed by atoms with van der Waals surface area (Å²) in [5.41, 5.74) is 0.353. The summed E-state index contributed by atoms with van der Waals surface area (Å²) in [6, 6.07) is 1.66. The third kappa shape index (κ3) is 2.18. The average Bonchev–Trinajstić information content (AvgIpc) is 2.74. The van der Waals surface area contributed by atoms with Gasteiger partial charge >= 0.3 is 5.97 Å². The Bertz CT molecular complexity index is 505. The standard InChI is InChI=1S/C13H15N3O3/c17-12(10-1-2-14-6-15-10)16-11-5-7-3-8(13(18)19)4-9(7)11/h1-2,6-9,11H,3-5H2,(H,16,17)(H,18,19)/t7-,8?,9-,11-/m1/s1. The van der Waals surface area contributed by atoms with Gasteiger partial charge in [-0.25, -0.2) is 9.97 Å². The highest BCUT2D eigenvalue weighted by Gasteiger charge is 2.49. The number of rotatable bonds is 3. The molecule has 100 valence electrons. The summed E-state index contributed by atoms with van der Waals surface area (Å²) in [6.45, 7) is 0. The molecule has 0 spiro atoms. The monoisotopic (exact) mass is 261 g/mol. The largest absolute Gasteiger partial charge is 0.481 e. The second kappa shape index (κ2) is 4.60.